The molecule has 0 unspecified atom stereocenters. The van der Waals surface area contributed by atoms with Gasteiger partial charge in [0.1, 0.15) is 5.82 Å². The molecule has 7 nitrogen and oxygen atoms in total. The molecule has 158 valence electrons. The number of anilines is 2. The van der Waals surface area contributed by atoms with Gasteiger partial charge in [-0.25, -0.2) is 4.39 Å². The van der Waals surface area contributed by atoms with E-state index < -0.39 is 17.6 Å². The zero-order valence-electron chi connectivity index (χ0n) is 15.9. The number of alkyl halides is 3. The smallest absolute Gasteiger partial charge is 0.377 e. The number of ether oxygens (including phenoxy) is 1. The summed E-state index contributed by atoms with van der Waals surface area (Å²) in [6.45, 7) is 5.36. The maximum absolute atomic E-state index is 14.2. The number of hydrogen-bond donors (Lipinski definition) is 2. The highest BCUT2D eigenvalue weighted by Gasteiger charge is 2.32. The van der Waals surface area contributed by atoms with Crippen molar-refractivity contribution in [1.29, 1.82) is 0 Å². The van der Waals surface area contributed by atoms with Crippen molar-refractivity contribution < 1.29 is 22.3 Å². The Morgan fingerprint density at radius 2 is 1.90 bits per heavy atom. The first-order valence-corrected chi connectivity index (χ1v) is 8.80. The van der Waals surface area contributed by atoms with Crippen LogP contribution in [0.15, 0.2) is 52.8 Å². The van der Waals surface area contributed by atoms with Gasteiger partial charge in [-0.05, 0) is 31.9 Å². The summed E-state index contributed by atoms with van der Waals surface area (Å²) in [5.74, 6) is -0.418. The molecule has 1 aliphatic heterocycles. The lowest BCUT2D eigenvalue weighted by atomic mass is 10.2. The first kappa shape index (κ1) is 21.4. The molecule has 1 saturated heterocycles. The Kier molecular flexibility index (Phi) is 6.40. The third kappa shape index (κ3) is 5.38. The fraction of sp³-hybridized carbons (Fsp3) is 0.263. The third-order valence-corrected chi connectivity index (χ3v) is 3.96. The van der Waals surface area contributed by atoms with Crippen LogP contribution >= 0.6 is 0 Å². The van der Waals surface area contributed by atoms with E-state index in [-0.39, 0.29) is 35.0 Å². The third-order valence-electron chi connectivity index (χ3n) is 3.96. The zero-order chi connectivity index (χ0) is 21.7. The number of nitrogens with zero attached hydrogens (tertiary/aromatic N) is 4. The number of nitrogens with one attached hydrogen (secondary N) is 2. The molecule has 0 saturated carbocycles. The summed E-state index contributed by atoms with van der Waals surface area (Å²) in [6, 6.07) is 5.87. The number of rotatable bonds is 7. The van der Waals surface area contributed by atoms with E-state index in [4.69, 9.17) is 4.74 Å². The predicted molar refractivity (Wildman–Crippen MR) is 105 cm³/mol. The average Bonchev–Trinajstić information content (AvgIpc) is 2.64. The van der Waals surface area contributed by atoms with Crippen molar-refractivity contribution in [3.63, 3.8) is 0 Å². The minimum absolute atomic E-state index is 0.0243. The summed E-state index contributed by atoms with van der Waals surface area (Å²) in [7, 11) is 0. The molecule has 2 N–H and O–H groups in total. The molecule has 1 aromatic heterocycles. The molecule has 1 fully saturated rings. The Labute approximate surface area is 169 Å². The number of halogens is 4. The molecule has 2 aromatic rings. The molecule has 0 amide bonds. The number of allylic oxidation sites excluding steroid dienone is 3. The van der Waals surface area contributed by atoms with E-state index in [1.54, 1.807) is 6.07 Å². The van der Waals surface area contributed by atoms with Gasteiger partial charge in [0.05, 0.1) is 30.4 Å². The van der Waals surface area contributed by atoms with Gasteiger partial charge in [0, 0.05) is 11.9 Å². The quantitative estimate of drug-likeness (QED) is 0.399. The second-order valence-electron chi connectivity index (χ2n) is 6.38. The SMILES string of the molecule is C=N/C=C(\C=C(/C)Nc1nc(NC2COC2)nc(-c2ccccc2F)n1)C(F)(F)F. The van der Waals surface area contributed by atoms with Crippen LogP contribution in [0, 0.1) is 5.82 Å². The molecule has 0 radical (unpaired) electrons. The van der Waals surface area contributed by atoms with Gasteiger partial charge in [-0.2, -0.15) is 28.1 Å². The van der Waals surface area contributed by atoms with Crippen LogP contribution < -0.4 is 10.6 Å². The number of hydrogen-bond acceptors (Lipinski definition) is 7. The second-order valence-corrected chi connectivity index (χ2v) is 6.38. The lowest BCUT2D eigenvalue weighted by Gasteiger charge is -2.26. The van der Waals surface area contributed by atoms with Gasteiger partial charge in [-0.15, -0.1) is 0 Å². The van der Waals surface area contributed by atoms with E-state index >= 15 is 0 Å². The van der Waals surface area contributed by atoms with Crippen molar-refractivity contribution in [3.05, 3.63) is 53.6 Å². The Bertz CT molecular complexity index is 985. The van der Waals surface area contributed by atoms with Gasteiger partial charge in [-0.3, -0.25) is 4.99 Å². The van der Waals surface area contributed by atoms with Crippen LogP contribution in [-0.2, 0) is 4.74 Å². The molecule has 11 heteroatoms. The normalized spacial score (nSPS) is 15.5. The van der Waals surface area contributed by atoms with Crippen molar-refractivity contribution in [2.45, 2.75) is 19.1 Å². The fourth-order valence-corrected chi connectivity index (χ4v) is 2.50. The van der Waals surface area contributed by atoms with Crippen LogP contribution in [0.4, 0.5) is 29.5 Å². The van der Waals surface area contributed by atoms with Crippen molar-refractivity contribution in [2.24, 2.45) is 4.99 Å². The van der Waals surface area contributed by atoms with E-state index in [2.05, 4.69) is 37.3 Å². The van der Waals surface area contributed by atoms with Crippen LogP contribution in [0.5, 0.6) is 0 Å². The van der Waals surface area contributed by atoms with Gasteiger partial charge in [-0.1, -0.05) is 12.1 Å². The van der Waals surface area contributed by atoms with Crippen LogP contribution in [0.2, 0.25) is 0 Å². The van der Waals surface area contributed by atoms with Gasteiger partial charge in [0.15, 0.2) is 5.82 Å². The monoisotopic (exact) mass is 422 g/mol. The largest absolute Gasteiger partial charge is 0.417 e. The van der Waals surface area contributed by atoms with Crippen LogP contribution in [-0.4, -0.2) is 47.1 Å². The lowest BCUT2D eigenvalue weighted by Crippen LogP contribution is -2.40. The number of aliphatic imine (C=N–C) groups is 1. The summed E-state index contributed by atoms with van der Waals surface area (Å²) >= 11 is 0. The molecule has 30 heavy (non-hydrogen) atoms. The van der Waals surface area contributed by atoms with E-state index in [0.29, 0.717) is 19.4 Å². The fourth-order valence-electron chi connectivity index (χ4n) is 2.50. The summed E-state index contributed by atoms with van der Waals surface area (Å²) in [4.78, 5) is 15.7. The molecule has 0 spiro atoms. The highest BCUT2D eigenvalue weighted by atomic mass is 19.4. The van der Waals surface area contributed by atoms with Crippen molar-refractivity contribution in [2.75, 3.05) is 23.8 Å². The van der Waals surface area contributed by atoms with Crippen molar-refractivity contribution >= 4 is 18.6 Å². The van der Waals surface area contributed by atoms with E-state index in [1.165, 1.54) is 25.1 Å². The van der Waals surface area contributed by atoms with Crippen molar-refractivity contribution in [1.82, 2.24) is 15.0 Å². The molecule has 1 aromatic carbocycles. The van der Waals surface area contributed by atoms with Gasteiger partial charge < -0.3 is 15.4 Å². The maximum atomic E-state index is 14.2. The Hall–Kier alpha value is -3.34. The average molecular weight is 422 g/mol. The predicted octanol–water partition coefficient (Wildman–Crippen LogP) is 3.95. The van der Waals surface area contributed by atoms with Gasteiger partial charge >= 0.3 is 6.18 Å². The van der Waals surface area contributed by atoms with E-state index in [1.807, 2.05) is 0 Å². The highest BCUT2D eigenvalue weighted by molar-refractivity contribution is 5.59. The van der Waals surface area contributed by atoms with E-state index in [9.17, 15) is 17.6 Å². The zero-order valence-corrected chi connectivity index (χ0v) is 15.9. The van der Waals surface area contributed by atoms with Crippen molar-refractivity contribution in [3.8, 4) is 11.4 Å². The molecular weight excluding hydrogens is 404 g/mol. The molecule has 3 rings (SSSR count). The minimum atomic E-state index is -4.61. The van der Waals surface area contributed by atoms with Crippen LogP contribution in [0.1, 0.15) is 6.92 Å². The Morgan fingerprint density at radius 3 is 2.50 bits per heavy atom. The Morgan fingerprint density at radius 1 is 1.20 bits per heavy atom. The minimum Gasteiger partial charge on any atom is -0.377 e. The van der Waals surface area contributed by atoms with Crippen LogP contribution in [0.3, 0.4) is 0 Å². The lowest BCUT2D eigenvalue weighted by molar-refractivity contribution is -0.0884. The summed E-state index contributed by atoms with van der Waals surface area (Å²) in [5, 5.41) is 5.71. The molecular formula is C19H18F4N6O. The standard InChI is InChI=1S/C19H18F4N6O/c1-11(7-12(8-24-2)19(21,22)23)25-17-27-16(14-5-3-4-6-15(14)20)28-18(29-17)26-13-9-30-10-13/h3-8,13H,2,9-10H2,1H3,(H2,25,26,27,28,29)/b11-7+,12-8+. The molecule has 0 bridgehead atoms. The molecule has 0 atom stereocenters. The summed E-state index contributed by atoms with van der Waals surface area (Å²) in [5.41, 5.74) is -0.786. The summed E-state index contributed by atoms with van der Waals surface area (Å²) in [6.07, 6.45) is -3.17. The summed E-state index contributed by atoms with van der Waals surface area (Å²) < 4.78 is 58.5. The number of benzene rings is 1. The van der Waals surface area contributed by atoms with Gasteiger partial charge in [0.25, 0.3) is 0 Å². The Balaban J connectivity index is 1.94. The second kappa shape index (κ2) is 8.99. The van der Waals surface area contributed by atoms with E-state index in [0.717, 1.165) is 6.08 Å². The maximum Gasteiger partial charge on any atom is 0.417 e. The topological polar surface area (TPSA) is 84.3 Å². The molecule has 2 heterocycles. The van der Waals surface area contributed by atoms with Gasteiger partial charge in [0.2, 0.25) is 11.9 Å². The first-order valence-electron chi connectivity index (χ1n) is 8.80. The molecule has 0 aliphatic carbocycles. The van der Waals surface area contributed by atoms with Crippen LogP contribution in [0.25, 0.3) is 11.4 Å². The number of aromatic nitrogens is 3. The molecule has 1 aliphatic rings. The first-order chi connectivity index (χ1) is 14.3. The highest BCUT2D eigenvalue weighted by Crippen LogP contribution is 2.28.